The smallest absolute Gasteiger partial charge is 0.0575 e. The Hall–Kier alpha value is -0.520. The molecule has 0 aliphatic carbocycles. The Morgan fingerprint density at radius 1 is 1.70 bits per heavy atom. The van der Waals surface area contributed by atoms with E-state index in [1.807, 2.05) is 0 Å². The maximum atomic E-state index is 5.34. The van der Waals surface area contributed by atoms with Gasteiger partial charge in [-0.2, -0.15) is 0 Å². The van der Waals surface area contributed by atoms with Crippen molar-refractivity contribution in [1.29, 1.82) is 0 Å². The van der Waals surface area contributed by atoms with Crippen LogP contribution in [-0.2, 0) is 0 Å². The molecule has 0 aromatic heterocycles. The van der Waals surface area contributed by atoms with Gasteiger partial charge in [-0.1, -0.05) is 5.92 Å². The molecule has 0 aliphatic rings. The summed E-state index contributed by atoms with van der Waals surface area (Å²) in [6.45, 7) is 3.54. The minimum Gasteiger partial charge on any atom is -0.330 e. The lowest BCUT2D eigenvalue weighted by molar-refractivity contribution is 0.530. The van der Waals surface area contributed by atoms with E-state index in [1.165, 1.54) is 0 Å². The van der Waals surface area contributed by atoms with Crippen LogP contribution in [0.15, 0.2) is 0 Å². The summed E-state index contributed by atoms with van der Waals surface area (Å²) in [5.41, 5.74) is 5.34. The summed E-state index contributed by atoms with van der Waals surface area (Å²) < 4.78 is 0. The number of rotatable bonds is 5. The molecule has 58 valence electrons. The molecule has 10 heavy (non-hydrogen) atoms. The zero-order chi connectivity index (χ0) is 7.82. The van der Waals surface area contributed by atoms with Crippen molar-refractivity contribution in [3.8, 4) is 12.3 Å². The van der Waals surface area contributed by atoms with E-state index < -0.39 is 0 Å². The van der Waals surface area contributed by atoms with Crippen molar-refractivity contribution < 1.29 is 0 Å². The summed E-state index contributed by atoms with van der Waals surface area (Å²) in [6.07, 6.45) is 7.25. The van der Waals surface area contributed by atoms with Crippen LogP contribution in [-0.4, -0.2) is 19.1 Å². The highest BCUT2D eigenvalue weighted by molar-refractivity contribution is 4.87. The molecule has 0 spiro atoms. The van der Waals surface area contributed by atoms with E-state index in [-0.39, 0.29) is 0 Å². The molecule has 2 nitrogen and oxygen atoms in total. The van der Waals surface area contributed by atoms with E-state index in [2.05, 4.69) is 18.2 Å². The SMILES string of the molecule is C#CCNC(C)CCCN. The molecule has 3 N–H and O–H groups in total. The third-order valence-corrected chi connectivity index (χ3v) is 1.39. The Bertz CT molecular complexity index is 104. The van der Waals surface area contributed by atoms with E-state index >= 15 is 0 Å². The molecule has 0 fully saturated rings. The average Bonchev–Trinajstić information content (AvgIpc) is 1.97. The second kappa shape index (κ2) is 6.60. The summed E-state index contributed by atoms with van der Waals surface area (Å²) in [6, 6.07) is 0.500. The first-order valence-corrected chi connectivity index (χ1v) is 3.68. The van der Waals surface area contributed by atoms with Crippen molar-refractivity contribution in [2.24, 2.45) is 5.73 Å². The maximum Gasteiger partial charge on any atom is 0.0575 e. The van der Waals surface area contributed by atoms with Gasteiger partial charge in [0.15, 0.2) is 0 Å². The summed E-state index contributed by atoms with van der Waals surface area (Å²) in [7, 11) is 0. The molecule has 0 bridgehead atoms. The van der Waals surface area contributed by atoms with Gasteiger partial charge in [0.05, 0.1) is 6.54 Å². The van der Waals surface area contributed by atoms with Crippen molar-refractivity contribution in [1.82, 2.24) is 5.32 Å². The second-order valence-corrected chi connectivity index (χ2v) is 2.42. The van der Waals surface area contributed by atoms with Crippen LogP contribution >= 0.6 is 0 Å². The fraction of sp³-hybridized carbons (Fsp3) is 0.750. The predicted molar refractivity (Wildman–Crippen MR) is 44.6 cm³/mol. The Morgan fingerprint density at radius 2 is 2.40 bits per heavy atom. The monoisotopic (exact) mass is 140 g/mol. The fourth-order valence-corrected chi connectivity index (χ4v) is 0.759. The van der Waals surface area contributed by atoms with E-state index in [1.54, 1.807) is 0 Å². The van der Waals surface area contributed by atoms with E-state index in [9.17, 15) is 0 Å². The standard InChI is InChI=1S/C8H16N2/c1-3-7-10-8(2)5-4-6-9/h1,8,10H,4-7,9H2,2H3. The molecule has 0 aromatic rings. The van der Waals surface area contributed by atoms with Gasteiger partial charge in [0.1, 0.15) is 0 Å². The van der Waals surface area contributed by atoms with Crippen molar-refractivity contribution in [3.63, 3.8) is 0 Å². The first kappa shape index (κ1) is 9.48. The van der Waals surface area contributed by atoms with Gasteiger partial charge in [0, 0.05) is 6.04 Å². The minimum absolute atomic E-state index is 0.500. The number of nitrogens with two attached hydrogens (primary N) is 1. The van der Waals surface area contributed by atoms with Crippen LogP contribution < -0.4 is 11.1 Å². The van der Waals surface area contributed by atoms with Crippen LogP contribution in [0.4, 0.5) is 0 Å². The van der Waals surface area contributed by atoms with Gasteiger partial charge < -0.3 is 11.1 Å². The molecule has 0 saturated heterocycles. The van der Waals surface area contributed by atoms with Crippen LogP contribution in [0.5, 0.6) is 0 Å². The third-order valence-electron chi connectivity index (χ3n) is 1.39. The topological polar surface area (TPSA) is 38.0 Å². The van der Waals surface area contributed by atoms with Crippen LogP contribution in [0.25, 0.3) is 0 Å². The average molecular weight is 140 g/mol. The van der Waals surface area contributed by atoms with Gasteiger partial charge in [0.2, 0.25) is 0 Å². The summed E-state index contributed by atoms with van der Waals surface area (Å²) in [5.74, 6) is 2.53. The van der Waals surface area contributed by atoms with Gasteiger partial charge in [0.25, 0.3) is 0 Å². The fourth-order valence-electron chi connectivity index (χ4n) is 0.759. The van der Waals surface area contributed by atoms with Crippen molar-refractivity contribution >= 4 is 0 Å². The Kier molecular flexibility index (Phi) is 6.25. The van der Waals surface area contributed by atoms with E-state index in [0.717, 1.165) is 19.4 Å². The van der Waals surface area contributed by atoms with Gasteiger partial charge in [-0.05, 0) is 26.3 Å². The molecule has 1 unspecified atom stereocenters. The molecule has 2 heteroatoms. The zero-order valence-corrected chi connectivity index (χ0v) is 6.56. The number of nitrogens with one attached hydrogen (secondary N) is 1. The van der Waals surface area contributed by atoms with Crippen LogP contribution in [0.1, 0.15) is 19.8 Å². The Morgan fingerprint density at radius 3 is 2.90 bits per heavy atom. The van der Waals surface area contributed by atoms with E-state index in [0.29, 0.717) is 12.6 Å². The lowest BCUT2D eigenvalue weighted by Gasteiger charge is -2.09. The van der Waals surface area contributed by atoms with Gasteiger partial charge in [-0.3, -0.25) is 0 Å². The first-order chi connectivity index (χ1) is 4.81. The lowest BCUT2D eigenvalue weighted by Crippen LogP contribution is -2.26. The van der Waals surface area contributed by atoms with Gasteiger partial charge in [-0.25, -0.2) is 0 Å². The lowest BCUT2D eigenvalue weighted by atomic mass is 10.2. The molecule has 0 aromatic carbocycles. The van der Waals surface area contributed by atoms with Crippen molar-refractivity contribution in [2.75, 3.05) is 13.1 Å². The molecular weight excluding hydrogens is 124 g/mol. The largest absolute Gasteiger partial charge is 0.330 e. The number of hydrogen-bond acceptors (Lipinski definition) is 2. The Balaban J connectivity index is 3.10. The van der Waals surface area contributed by atoms with Gasteiger partial charge in [-0.15, -0.1) is 6.42 Å². The van der Waals surface area contributed by atoms with Crippen LogP contribution in [0.2, 0.25) is 0 Å². The summed E-state index contributed by atoms with van der Waals surface area (Å²) in [5, 5.41) is 3.18. The normalized spacial score (nSPS) is 12.5. The molecule has 0 amide bonds. The van der Waals surface area contributed by atoms with Crippen LogP contribution in [0, 0.1) is 12.3 Å². The van der Waals surface area contributed by atoms with Gasteiger partial charge >= 0.3 is 0 Å². The second-order valence-electron chi connectivity index (χ2n) is 2.42. The zero-order valence-electron chi connectivity index (χ0n) is 6.56. The Labute approximate surface area is 63.2 Å². The minimum atomic E-state index is 0.500. The van der Waals surface area contributed by atoms with E-state index in [4.69, 9.17) is 12.2 Å². The molecule has 0 aliphatic heterocycles. The molecule has 0 saturated carbocycles. The highest BCUT2D eigenvalue weighted by atomic mass is 14.9. The molecular formula is C8H16N2. The quantitative estimate of drug-likeness (QED) is 0.540. The molecule has 0 radical (unpaired) electrons. The highest BCUT2D eigenvalue weighted by Gasteiger charge is 1.96. The third kappa shape index (κ3) is 5.61. The molecule has 0 rings (SSSR count). The van der Waals surface area contributed by atoms with Crippen molar-refractivity contribution in [3.05, 3.63) is 0 Å². The summed E-state index contributed by atoms with van der Waals surface area (Å²) in [4.78, 5) is 0. The van der Waals surface area contributed by atoms with Crippen LogP contribution in [0.3, 0.4) is 0 Å². The maximum absolute atomic E-state index is 5.34. The first-order valence-electron chi connectivity index (χ1n) is 3.68. The molecule has 0 heterocycles. The summed E-state index contributed by atoms with van der Waals surface area (Å²) >= 11 is 0. The number of terminal acetylenes is 1. The predicted octanol–water partition coefficient (Wildman–Crippen LogP) is 0.337. The van der Waals surface area contributed by atoms with Crippen molar-refractivity contribution in [2.45, 2.75) is 25.8 Å². The number of hydrogen-bond donors (Lipinski definition) is 2. The molecule has 1 atom stereocenters. The highest BCUT2D eigenvalue weighted by Crippen LogP contribution is 1.92.